The van der Waals surface area contributed by atoms with Crippen LogP contribution in [0.15, 0.2) is 12.3 Å². The zero-order valence-corrected chi connectivity index (χ0v) is 21.0. The fraction of sp³-hybridized carbons (Fsp3) is 0.692. The largest absolute Gasteiger partial charge is 0.341 e. The number of piperidine rings is 1. The predicted octanol–water partition coefficient (Wildman–Crippen LogP) is 3.15. The van der Waals surface area contributed by atoms with Gasteiger partial charge in [-0.1, -0.05) is 13.8 Å². The Morgan fingerprint density at radius 1 is 1.03 bits per heavy atom. The van der Waals surface area contributed by atoms with Crippen LogP contribution in [0, 0.1) is 11.8 Å². The van der Waals surface area contributed by atoms with E-state index >= 15 is 0 Å². The summed E-state index contributed by atoms with van der Waals surface area (Å²) in [7, 11) is 0. The van der Waals surface area contributed by atoms with Crippen LogP contribution in [0.4, 0.5) is 0 Å². The van der Waals surface area contributed by atoms with Crippen LogP contribution in [0.5, 0.6) is 0 Å². The number of fused-ring (bicyclic) bond motifs is 1. The highest BCUT2D eigenvalue weighted by Gasteiger charge is 2.31. The maximum atomic E-state index is 13.6. The molecule has 0 aromatic carbocycles. The molecule has 34 heavy (non-hydrogen) atoms. The Balaban J connectivity index is 1.26. The molecule has 0 unspecified atom stereocenters. The maximum Gasteiger partial charge on any atom is 0.254 e. The number of amides is 2. The number of carbonyl (C=O) groups is 2. The Morgan fingerprint density at radius 2 is 1.71 bits per heavy atom. The fourth-order valence-electron chi connectivity index (χ4n) is 5.62. The lowest BCUT2D eigenvalue weighted by atomic mass is 9.92. The quantitative estimate of drug-likeness (QED) is 0.677. The van der Waals surface area contributed by atoms with Gasteiger partial charge in [0.05, 0.1) is 23.7 Å². The SMILES string of the molecule is CC(C)n1ncc2c(C(=O)N3CCN(CC(=O)N4C[C@H](C)C[C@@H](C)C4)CC3)cc(C3CC3)nc21. The zero-order chi connectivity index (χ0) is 24.0. The molecule has 3 fully saturated rings. The Morgan fingerprint density at radius 3 is 2.32 bits per heavy atom. The van der Waals surface area contributed by atoms with Crippen LogP contribution in [0.25, 0.3) is 11.0 Å². The van der Waals surface area contributed by atoms with Crippen molar-refractivity contribution in [1.29, 1.82) is 0 Å². The maximum absolute atomic E-state index is 13.6. The molecule has 2 atom stereocenters. The van der Waals surface area contributed by atoms with Gasteiger partial charge in [-0.25, -0.2) is 9.67 Å². The monoisotopic (exact) mass is 466 g/mol. The number of hydrogen-bond acceptors (Lipinski definition) is 5. The molecule has 5 rings (SSSR count). The molecule has 184 valence electrons. The first kappa shape index (κ1) is 23.3. The second-order valence-corrected chi connectivity index (χ2v) is 11.1. The molecular weight excluding hydrogens is 428 g/mol. The first-order valence-corrected chi connectivity index (χ1v) is 13.0. The summed E-state index contributed by atoms with van der Waals surface area (Å²) < 4.78 is 1.92. The summed E-state index contributed by atoms with van der Waals surface area (Å²) >= 11 is 0. The molecule has 8 heteroatoms. The number of nitrogens with zero attached hydrogens (tertiary/aromatic N) is 6. The minimum absolute atomic E-state index is 0.0577. The highest BCUT2D eigenvalue weighted by atomic mass is 16.2. The third-order valence-electron chi connectivity index (χ3n) is 7.54. The number of pyridine rings is 1. The van der Waals surface area contributed by atoms with Gasteiger partial charge in [-0.3, -0.25) is 14.5 Å². The minimum atomic E-state index is 0.0577. The predicted molar refractivity (Wildman–Crippen MR) is 132 cm³/mol. The molecule has 3 aliphatic rings. The highest BCUT2D eigenvalue weighted by Crippen LogP contribution is 2.40. The van der Waals surface area contributed by atoms with E-state index in [0.29, 0.717) is 37.4 Å². The van der Waals surface area contributed by atoms with Crippen molar-refractivity contribution < 1.29 is 9.59 Å². The molecule has 2 aliphatic heterocycles. The average molecular weight is 467 g/mol. The molecule has 1 saturated carbocycles. The highest BCUT2D eigenvalue weighted by molar-refractivity contribution is 6.05. The van der Waals surface area contributed by atoms with Crippen molar-refractivity contribution in [2.75, 3.05) is 45.8 Å². The van der Waals surface area contributed by atoms with Gasteiger partial charge in [0, 0.05) is 56.9 Å². The number of piperazine rings is 1. The second-order valence-electron chi connectivity index (χ2n) is 11.1. The lowest BCUT2D eigenvalue weighted by molar-refractivity contribution is -0.135. The van der Waals surface area contributed by atoms with Gasteiger partial charge in [-0.2, -0.15) is 5.10 Å². The van der Waals surface area contributed by atoms with E-state index in [9.17, 15) is 9.59 Å². The molecule has 2 saturated heterocycles. The van der Waals surface area contributed by atoms with E-state index < -0.39 is 0 Å². The first-order valence-electron chi connectivity index (χ1n) is 13.0. The molecule has 0 N–H and O–H groups in total. The van der Waals surface area contributed by atoms with Crippen molar-refractivity contribution in [2.24, 2.45) is 11.8 Å². The molecule has 4 heterocycles. The normalized spacial score (nSPS) is 24.3. The van der Waals surface area contributed by atoms with Crippen LogP contribution in [0.2, 0.25) is 0 Å². The molecule has 1 aliphatic carbocycles. The Kier molecular flexibility index (Phi) is 6.35. The summed E-state index contributed by atoms with van der Waals surface area (Å²) in [6.45, 7) is 13.6. The minimum Gasteiger partial charge on any atom is -0.341 e. The van der Waals surface area contributed by atoms with Gasteiger partial charge < -0.3 is 9.80 Å². The van der Waals surface area contributed by atoms with Gasteiger partial charge >= 0.3 is 0 Å². The zero-order valence-electron chi connectivity index (χ0n) is 21.0. The molecule has 0 spiro atoms. The molecule has 2 aromatic rings. The van der Waals surface area contributed by atoms with Gasteiger partial charge in [-0.15, -0.1) is 0 Å². The van der Waals surface area contributed by atoms with Crippen molar-refractivity contribution in [3.05, 3.63) is 23.5 Å². The lowest BCUT2D eigenvalue weighted by Crippen LogP contribution is -2.53. The van der Waals surface area contributed by atoms with E-state index in [0.717, 1.165) is 61.3 Å². The standard InChI is InChI=1S/C26H38N6O2/c1-17(2)32-25-22(13-27-32)21(12-23(28-25)20-5-6-20)26(34)30-9-7-29(8-10-30)16-24(33)31-14-18(3)11-19(4)15-31/h12-13,17-20H,5-11,14-16H2,1-4H3/t18-,19-/m1/s1. The third-order valence-corrected chi connectivity index (χ3v) is 7.54. The van der Waals surface area contributed by atoms with E-state index in [1.807, 2.05) is 20.5 Å². The van der Waals surface area contributed by atoms with Crippen molar-refractivity contribution in [3.8, 4) is 0 Å². The molecular formula is C26H38N6O2. The molecule has 8 nitrogen and oxygen atoms in total. The van der Waals surface area contributed by atoms with Crippen LogP contribution in [-0.2, 0) is 4.79 Å². The molecule has 2 aromatic heterocycles. The lowest BCUT2D eigenvalue weighted by Gasteiger charge is -2.38. The summed E-state index contributed by atoms with van der Waals surface area (Å²) in [6, 6.07) is 2.19. The average Bonchev–Trinajstić information content (AvgIpc) is 3.56. The summed E-state index contributed by atoms with van der Waals surface area (Å²) in [5, 5.41) is 5.38. The first-order chi connectivity index (χ1) is 16.3. The van der Waals surface area contributed by atoms with Crippen LogP contribution >= 0.6 is 0 Å². The van der Waals surface area contributed by atoms with Crippen LogP contribution in [0.3, 0.4) is 0 Å². The Labute approximate surface area is 202 Å². The summed E-state index contributed by atoms with van der Waals surface area (Å²) in [4.78, 5) is 37.6. The topological polar surface area (TPSA) is 74.6 Å². The molecule has 0 bridgehead atoms. The summed E-state index contributed by atoms with van der Waals surface area (Å²) in [5.74, 6) is 1.89. The van der Waals surface area contributed by atoms with Crippen LogP contribution in [0.1, 0.15) is 75.0 Å². The second kappa shape index (κ2) is 9.29. The van der Waals surface area contributed by atoms with Gasteiger partial charge in [0.25, 0.3) is 5.91 Å². The smallest absolute Gasteiger partial charge is 0.254 e. The fourth-order valence-corrected chi connectivity index (χ4v) is 5.62. The van der Waals surface area contributed by atoms with E-state index in [4.69, 9.17) is 4.98 Å². The molecule has 2 amide bonds. The van der Waals surface area contributed by atoms with Gasteiger partial charge in [-0.05, 0) is 51.0 Å². The number of rotatable bonds is 5. The third kappa shape index (κ3) is 4.69. The van der Waals surface area contributed by atoms with Gasteiger partial charge in [0.15, 0.2) is 5.65 Å². The number of carbonyl (C=O) groups excluding carboxylic acids is 2. The summed E-state index contributed by atoms with van der Waals surface area (Å²) in [5.41, 5.74) is 2.56. The Bertz CT molecular complexity index is 1060. The van der Waals surface area contributed by atoms with Gasteiger partial charge in [0.1, 0.15) is 0 Å². The van der Waals surface area contributed by atoms with E-state index in [1.54, 1.807) is 6.20 Å². The Hall–Kier alpha value is -2.48. The van der Waals surface area contributed by atoms with Crippen LogP contribution < -0.4 is 0 Å². The summed E-state index contributed by atoms with van der Waals surface area (Å²) in [6.07, 6.45) is 5.28. The number of aromatic nitrogens is 3. The van der Waals surface area contributed by atoms with Gasteiger partial charge in [0.2, 0.25) is 5.91 Å². The van der Waals surface area contributed by atoms with E-state index in [-0.39, 0.29) is 17.9 Å². The van der Waals surface area contributed by atoms with Crippen molar-refractivity contribution in [3.63, 3.8) is 0 Å². The van der Waals surface area contributed by atoms with E-state index in [2.05, 4.69) is 37.7 Å². The number of likely N-dealkylation sites (tertiary alicyclic amines) is 1. The van der Waals surface area contributed by atoms with Crippen molar-refractivity contribution >= 4 is 22.8 Å². The molecule has 0 radical (unpaired) electrons. The van der Waals surface area contributed by atoms with Crippen molar-refractivity contribution in [2.45, 2.75) is 58.9 Å². The number of hydrogen-bond donors (Lipinski definition) is 0. The van der Waals surface area contributed by atoms with E-state index in [1.165, 1.54) is 6.42 Å². The van der Waals surface area contributed by atoms with Crippen molar-refractivity contribution in [1.82, 2.24) is 29.5 Å². The van der Waals surface area contributed by atoms with Crippen LogP contribution in [-0.4, -0.2) is 87.1 Å².